The molecule has 0 aliphatic carbocycles. The van der Waals surface area contributed by atoms with Crippen LogP contribution in [0.25, 0.3) is 11.1 Å². The second-order valence-corrected chi connectivity index (χ2v) is 4.96. The van der Waals surface area contributed by atoms with Gasteiger partial charge >= 0.3 is 0 Å². The van der Waals surface area contributed by atoms with Crippen LogP contribution in [-0.4, -0.2) is 14.6 Å². The fraction of sp³-hybridized carbons (Fsp3) is 0. The highest BCUT2D eigenvalue weighted by molar-refractivity contribution is 6.80. The molecule has 0 spiro atoms. The largest absolute Gasteiger partial charge is 0.191 e. The summed E-state index contributed by atoms with van der Waals surface area (Å²) in [5.41, 5.74) is 9.27. The van der Waals surface area contributed by atoms with Gasteiger partial charge in [-0.3, -0.25) is 0 Å². The van der Waals surface area contributed by atoms with Crippen LogP contribution in [0.2, 0.25) is 0 Å². The highest BCUT2D eigenvalue weighted by Crippen LogP contribution is 2.31. The quantitative estimate of drug-likeness (QED) is 0.709. The minimum absolute atomic E-state index is 1.04. The number of hydrogen-bond donors (Lipinski definition) is 0. The van der Waals surface area contributed by atoms with Crippen molar-refractivity contribution in [2.75, 3.05) is 0 Å². The zero-order chi connectivity index (χ0) is 14.3. The van der Waals surface area contributed by atoms with Gasteiger partial charge in [-0.05, 0) is 22.3 Å². The fourth-order valence-corrected chi connectivity index (χ4v) is 2.90. The zero-order valence-corrected chi connectivity index (χ0v) is 11.4. The molecule has 3 rings (SSSR count). The van der Waals surface area contributed by atoms with Gasteiger partial charge in [0.15, 0.2) is 14.6 Å². The van der Waals surface area contributed by atoms with Crippen molar-refractivity contribution < 1.29 is 0 Å². The van der Waals surface area contributed by atoms with Crippen LogP contribution in [0.4, 0.5) is 0 Å². The van der Waals surface area contributed by atoms with E-state index in [9.17, 15) is 0 Å². The molecular formula is C18H14B2. The minimum Gasteiger partial charge on any atom is -0.104 e. The second kappa shape index (κ2) is 4.72. The van der Waals surface area contributed by atoms with Crippen LogP contribution < -0.4 is 10.9 Å². The average molecular weight is 252 g/mol. The Morgan fingerprint density at radius 3 is 1.50 bits per heavy atom. The van der Waals surface area contributed by atoms with Crippen molar-refractivity contribution in [2.45, 2.75) is 0 Å². The van der Waals surface area contributed by atoms with Gasteiger partial charge in [-0.2, -0.15) is 0 Å². The highest BCUT2D eigenvalue weighted by atomic mass is 14.2. The molecule has 1 aromatic rings. The number of rotatable bonds is 2. The van der Waals surface area contributed by atoms with Crippen molar-refractivity contribution in [1.82, 2.24) is 0 Å². The molecule has 0 saturated carbocycles. The van der Waals surface area contributed by atoms with Gasteiger partial charge < -0.3 is 0 Å². The first-order valence-electron chi connectivity index (χ1n) is 6.58. The van der Waals surface area contributed by atoms with Gasteiger partial charge in [-0.25, -0.2) is 0 Å². The monoisotopic (exact) mass is 252 g/mol. The van der Waals surface area contributed by atoms with E-state index in [0.717, 1.165) is 22.1 Å². The molecule has 0 unspecified atom stereocenters. The lowest BCUT2D eigenvalue weighted by atomic mass is 9.57. The molecule has 0 N–H and O–H groups in total. The topological polar surface area (TPSA) is 0 Å². The Bertz CT molecular complexity index is 667. The molecule has 0 saturated heterocycles. The fourth-order valence-electron chi connectivity index (χ4n) is 2.90. The molecule has 0 fully saturated rings. The van der Waals surface area contributed by atoms with Crippen molar-refractivity contribution >= 4 is 36.6 Å². The minimum atomic E-state index is 1.04. The first-order valence-corrected chi connectivity index (χ1v) is 6.58. The predicted octanol–water partition coefficient (Wildman–Crippen LogP) is 2.54. The lowest BCUT2D eigenvalue weighted by molar-refractivity contribution is 1.67. The molecule has 2 radical (unpaired) electrons. The molecule has 0 bridgehead atoms. The lowest BCUT2D eigenvalue weighted by Gasteiger charge is -2.08. The molecule has 20 heavy (non-hydrogen) atoms. The third kappa shape index (κ3) is 1.72. The van der Waals surface area contributed by atoms with Crippen molar-refractivity contribution in [3.05, 3.63) is 84.8 Å². The standard InChI is InChI=1S/C18H14B2/c1-5-7-13-11(3)19-17-15(13)9-10-16-14(8-6-2)12(4)20-18(16)17/h5-10H,1-4H2/b13-7+,14-8+. The van der Waals surface area contributed by atoms with E-state index in [4.69, 9.17) is 0 Å². The lowest BCUT2D eigenvalue weighted by Crippen LogP contribution is -2.34. The smallest absolute Gasteiger partial charge is 0.104 e. The van der Waals surface area contributed by atoms with Crippen molar-refractivity contribution in [3.8, 4) is 0 Å². The molecule has 2 aliphatic heterocycles. The van der Waals surface area contributed by atoms with Crippen LogP contribution in [0, 0.1) is 0 Å². The van der Waals surface area contributed by atoms with Crippen LogP contribution in [-0.2, 0) is 0 Å². The van der Waals surface area contributed by atoms with Gasteiger partial charge in [0.1, 0.15) is 0 Å². The molecular weight excluding hydrogens is 238 g/mol. The molecule has 92 valence electrons. The van der Waals surface area contributed by atoms with Gasteiger partial charge in [-0.15, -0.1) is 13.2 Å². The maximum atomic E-state index is 4.13. The number of benzene rings is 1. The molecule has 0 atom stereocenters. The van der Waals surface area contributed by atoms with Crippen molar-refractivity contribution in [1.29, 1.82) is 0 Å². The van der Waals surface area contributed by atoms with Gasteiger partial charge in [-0.1, -0.05) is 71.5 Å². The summed E-state index contributed by atoms with van der Waals surface area (Å²) in [5.74, 6) is 0. The van der Waals surface area contributed by atoms with Crippen LogP contribution >= 0.6 is 0 Å². The Morgan fingerprint density at radius 2 is 1.15 bits per heavy atom. The summed E-state index contributed by atoms with van der Waals surface area (Å²) >= 11 is 0. The summed E-state index contributed by atoms with van der Waals surface area (Å²) in [6.07, 6.45) is 7.65. The van der Waals surface area contributed by atoms with Gasteiger partial charge in [0.25, 0.3) is 0 Å². The summed E-state index contributed by atoms with van der Waals surface area (Å²) in [6.45, 7) is 15.8. The maximum Gasteiger partial charge on any atom is 0.191 e. The zero-order valence-electron chi connectivity index (χ0n) is 11.4. The number of allylic oxidation sites excluding steroid dienone is 8. The molecule has 0 nitrogen and oxygen atoms in total. The van der Waals surface area contributed by atoms with Crippen molar-refractivity contribution in [3.63, 3.8) is 0 Å². The van der Waals surface area contributed by atoms with Crippen LogP contribution in [0.3, 0.4) is 0 Å². The average Bonchev–Trinajstić information content (AvgIpc) is 2.90. The Labute approximate surface area is 122 Å². The van der Waals surface area contributed by atoms with Gasteiger partial charge in [0.2, 0.25) is 0 Å². The van der Waals surface area contributed by atoms with E-state index in [-0.39, 0.29) is 0 Å². The van der Waals surface area contributed by atoms with E-state index in [1.807, 2.05) is 24.3 Å². The summed E-state index contributed by atoms with van der Waals surface area (Å²) in [4.78, 5) is 0. The van der Waals surface area contributed by atoms with Crippen LogP contribution in [0.5, 0.6) is 0 Å². The van der Waals surface area contributed by atoms with E-state index in [2.05, 4.69) is 53.0 Å². The molecule has 2 heteroatoms. The van der Waals surface area contributed by atoms with Crippen molar-refractivity contribution in [2.24, 2.45) is 0 Å². The molecule has 2 aliphatic rings. The van der Waals surface area contributed by atoms with Crippen LogP contribution in [0.15, 0.2) is 73.7 Å². The molecule has 2 heterocycles. The summed E-state index contributed by atoms with van der Waals surface area (Å²) < 4.78 is 0. The normalized spacial score (nSPS) is 19.6. The number of hydrogen-bond acceptors (Lipinski definition) is 0. The molecule has 1 aromatic carbocycles. The Morgan fingerprint density at radius 1 is 0.750 bits per heavy atom. The Balaban J connectivity index is 2.23. The second-order valence-electron chi connectivity index (χ2n) is 4.96. The summed E-state index contributed by atoms with van der Waals surface area (Å²) in [5, 5.41) is 0. The van der Waals surface area contributed by atoms with E-state index in [1.54, 1.807) is 0 Å². The third-order valence-corrected chi connectivity index (χ3v) is 3.77. The Kier molecular flexibility index (Phi) is 3.02. The molecule has 0 aromatic heterocycles. The first-order chi connectivity index (χ1) is 9.67. The van der Waals surface area contributed by atoms with E-state index in [1.165, 1.54) is 22.1 Å². The highest BCUT2D eigenvalue weighted by Gasteiger charge is 2.29. The van der Waals surface area contributed by atoms with Crippen LogP contribution in [0.1, 0.15) is 11.1 Å². The number of fused-ring (bicyclic) bond motifs is 3. The maximum absolute atomic E-state index is 4.13. The van der Waals surface area contributed by atoms with E-state index < -0.39 is 0 Å². The summed E-state index contributed by atoms with van der Waals surface area (Å²) in [7, 11) is 4.29. The van der Waals surface area contributed by atoms with E-state index >= 15 is 0 Å². The van der Waals surface area contributed by atoms with Gasteiger partial charge in [0, 0.05) is 0 Å². The molecule has 0 amide bonds. The summed E-state index contributed by atoms with van der Waals surface area (Å²) in [6, 6.07) is 4.31. The SMILES string of the molecule is C=C/C=C1\C(=C)[B]c2c1ccc1c2[B]C(=C)/C1=C\C=C. The first kappa shape index (κ1) is 12.8. The predicted molar refractivity (Wildman–Crippen MR) is 91.8 cm³/mol. The Hall–Kier alpha value is -2.21. The third-order valence-electron chi connectivity index (χ3n) is 3.77. The van der Waals surface area contributed by atoms with Gasteiger partial charge in [0.05, 0.1) is 0 Å². The van der Waals surface area contributed by atoms with E-state index in [0.29, 0.717) is 0 Å².